The zero-order valence-electron chi connectivity index (χ0n) is 6.06. The predicted molar refractivity (Wildman–Crippen MR) is 34.4 cm³/mol. The fourth-order valence-electron chi connectivity index (χ4n) is 1.27. The Kier molecular flexibility index (Phi) is 1.70. The van der Waals surface area contributed by atoms with Crippen LogP contribution in [0.2, 0.25) is 0 Å². The van der Waals surface area contributed by atoms with E-state index in [1.54, 1.807) is 0 Å². The summed E-state index contributed by atoms with van der Waals surface area (Å²) in [5, 5.41) is 8.37. The third kappa shape index (κ3) is 0.922. The molecule has 0 aromatic rings. The van der Waals surface area contributed by atoms with E-state index in [1.165, 1.54) is 0 Å². The molecule has 2 nitrogen and oxygen atoms in total. The van der Waals surface area contributed by atoms with Crippen molar-refractivity contribution in [1.29, 1.82) is 0 Å². The molecule has 1 saturated carbocycles. The van der Waals surface area contributed by atoms with Crippen LogP contribution in [0.25, 0.3) is 0 Å². The van der Waals surface area contributed by atoms with Gasteiger partial charge >= 0.3 is 12.1 Å². The summed E-state index contributed by atoms with van der Waals surface area (Å²) < 4.78 is 36.5. The van der Waals surface area contributed by atoms with Crippen LogP contribution >= 0.6 is 0 Å². The van der Waals surface area contributed by atoms with Gasteiger partial charge in [0.15, 0.2) is 5.41 Å². The lowest BCUT2D eigenvalue weighted by Gasteiger charge is -2.14. The van der Waals surface area contributed by atoms with Crippen molar-refractivity contribution in [3.63, 3.8) is 0 Å². The summed E-state index contributed by atoms with van der Waals surface area (Å²) >= 11 is 0. The molecule has 1 fully saturated rings. The zero-order chi connectivity index (χ0) is 9.57. The van der Waals surface area contributed by atoms with Crippen LogP contribution in [0.3, 0.4) is 0 Å². The summed E-state index contributed by atoms with van der Waals surface area (Å²) in [5.41, 5.74) is -2.55. The number of aliphatic carboxylic acids is 1. The average Bonchev–Trinajstić information content (AvgIpc) is 2.59. The van der Waals surface area contributed by atoms with E-state index in [0.29, 0.717) is 0 Å². The minimum atomic E-state index is -4.67. The van der Waals surface area contributed by atoms with E-state index in [1.807, 2.05) is 0 Å². The Bertz CT molecular complexity index is 233. The van der Waals surface area contributed by atoms with Crippen molar-refractivity contribution in [3.05, 3.63) is 12.7 Å². The van der Waals surface area contributed by atoms with Gasteiger partial charge in [-0.2, -0.15) is 13.2 Å². The topological polar surface area (TPSA) is 37.3 Å². The summed E-state index contributed by atoms with van der Waals surface area (Å²) in [6.45, 7) is 3.15. The standard InChI is InChI=1S/C7H7F3O2/c1-2-4-3-6(4,5(11)12)7(8,9)10/h2,4H,1,3H2,(H,11,12)/t4?,6-/m0/s1. The number of hydrogen-bond acceptors (Lipinski definition) is 1. The summed E-state index contributed by atoms with van der Waals surface area (Å²) in [5.74, 6) is -2.77. The first kappa shape index (κ1) is 9.09. The zero-order valence-corrected chi connectivity index (χ0v) is 6.06. The first-order chi connectivity index (χ1) is 5.36. The molecule has 1 aliphatic carbocycles. The first-order valence-corrected chi connectivity index (χ1v) is 3.29. The number of halogens is 3. The van der Waals surface area contributed by atoms with E-state index in [4.69, 9.17) is 5.11 Å². The van der Waals surface area contributed by atoms with Gasteiger partial charge in [0, 0.05) is 5.92 Å². The Morgan fingerprint density at radius 2 is 2.17 bits per heavy atom. The second-order valence-corrected chi connectivity index (χ2v) is 2.82. The summed E-state index contributed by atoms with van der Waals surface area (Å²) in [4.78, 5) is 10.3. The Hall–Kier alpha value is -1.00. The van der Waals surface area contributed by atoms with Gasteiger partial charge in [0.25, 0.3) is 0 Å². The third-order valence-corrected chi connectivity index (χ3v) is 2.19. The van der Waals surface area contributed by atoms with Gasteiger partial charge in [-0.1, -0.05) is 6.08 Å². The van der Waals surface area contributed by atoms with Gasteiger partial charge in [0.1, 0.15) is 0 Å². The third-order valence-electron chi connectivity index (χ3n) is 2.19. The molecule has 0 radical (unpaired) electrons. The summed E-state index contributed by atoms with van der Waals surface area (Å²) in [6.07, 6.45) is -4.01. The molecule has 1 N–H and O–H groups in total. The Balaban J connectivity index is 2.94. The lowest BCUT2D eigenvalue weighted by Crippen LogP contribution is -2.34. The molecule has 0 bridgehead atoms. The van der Waals surface area contributed by atoms with Gasteiger partial charge in [0.05, 0.1) is 0 Å². The molecule has 0 aromatic heterocycles. The molecule has 1 rings (SSSR count). The van der Waals surface area contributed by atoms with Crippen molar-refractivity contribution in [2.24, 2.45) is 11.3 Å². The maximum Gasteiger partial charge on any atom is 0.405 e. The number of carbonyl (C=O) groups is 1. The number of carboxylic acid groups (broad SMARTS) is 1. The van der Waals surface area contributed by atoms with E-state index >= 15 is 0 Å². The van der Waals surface area contributed by atoms with Crippen LogP contribution in [-0.4, -0.2) is 17.3 Å². The van der Waals surface area contributed by atoms with E-state index in [2.05, 4.69) is 6.58 Å². The van der Waals surface area contributed by atoms with Gasteiger partial charge in [0.2, 0.25) is 0 Å². The van der Waals surface area contributed by atoms with E-state index < -0.39 is 23.5 Å². The number of hydrogen-bond donors (Lipinski definition) is 1. The smallest absolute Gasteiger partial charge is 0.405 e. The largest absolute Gasteiger partial charge is 0.481 e. The fourth-order valence-corrected chi connectivity index (χ4v) is 1.27. The Morgan fingerprint density at radius 3 is 2.25 bits per heavy atom. The molecule has 0 aliphatic heterocycles. The molecule has 1 aliphatic rings. The Morgan fingerprint density at radius 1 is 1.67 bits per heavy atom. The van der Waals surface area contributed by atoms with Crippen LogP contribution < -0.4 is 0 Å². The van der Waals surface area contributed by atoms with Gasteiger partial charge in [-0.15, -0.1) is 6.58 Å². The van der Waals surface area contributed by atoms with Crippen LogP contribution in [0.15, 0.2) is 12.7 Å². The summed E-state index contributed by atoms with van der Waals surface area (Å²) in [6, 6.07) is 0. The lowest BCUT2D eigenvalue weighted by atomic mass is 10.0. The predicted octanol–water partition coefficient (Wildman–Crippen LogP) is 1.83. The van der Waals surface area contributed by atoms with Gasteiger partial charge in [-0.25, -0.2) is 0 Å². The highest BCUT2D eigenvalue weighted by molar-refractivity contribution is 5.80. The highest BCUT2D eigenvalue weighted by atomic mass is 19.4. The maximum atomic E-state index is 12.2. The quantitative estimate of drug-likeness (QED) is 0.658. The van der Waals surface area contributed by atoms with Crippen LogP contribution in [0.5, 0.6) is 0 Å². The number of carboxylic acids is 1. The second kappa shape index (κ2) is 2.24. The molecular weight excluding hydrogens is 173 g/mol. The van der Waals surface area contributed by atoms with Crippen molar-refractivity contribution >= 4 is 5.97 Å². The van der Waals surface area contributed by atoms with Gasteiger partial charge in [-0.05, 0) is 6.42 Å². The van der Waals surface area contributed by atoms with Crippen molar-refractivity contribution < 1.29 is 23.1 Å². The molecule has 0 amide bonds. The molecule has 5 heteroatoms. The van der Waals surface area contributed by atoms with Crippen molar-refractivity contribution in [2.75, 3.05) is 0 Å². The minimum Gasteiger partial charge on any atom is -0.481 e. The van der Waals surface area contributed by atoms with Crippen LogP contribution in [-0.2, 0) is 4.79 Å². The van der Waals surface area contributed by atoms with Crippen molar-refractivity contribution in [1.82, 2.24) is 0 Å². The SMILES string of the molecule is C=CC1C[C@]1(C(=O)O)C(F)(F)F. The molecule has 0 aromatic carbocycles. The maximum absolute atomic E-state index is 12.2. The molecule has 1 unspecified atom stereocenters. The van der Waals surface area contributed by atoms with Crippen molar-refractivity contribution in [3.8, 4) is 0 Å². The highest BCUT2D eigenvalue weighted by Gasteiger charge is 2.75. The van der Waals surface area contributed by atoms with Crippen LogP contribution in [0, 0.1) is 11.3 Å². The van der Waals surface area contributed by atoms with E-state index in [0.717, 1.165) is 6.08 Å². The second-order valence-electron chi connectivity index (χ2n) is 2.82. The van der Waals surface area contributed by atoms with E-state index in [-0.39, 0.29) is 6.42 Å². The summed E-state index contributed by atoms with van der Waals surface area (Å²) in [7, 11) is 0. The monoisotopic (exact) mass is 180 g/mol. The average molecular weight is 180 g/mol. The molecule has 0 saturated heterocycles. The fraction of sp³-hybridized carbons (Fsp3) is 0.571. The Labute approximate surface area is 66.7 Å². The van der Waals surface area contributed by atoms with Gasteiger partial charge in [-0.3, -0.25) is 4.79 Å². The molecule has 0 spiro atoms. The van der Waals surface area contributed by atoms with Crippen LogP contribution in [0.4, 0.5) is 13.2 Å². The number of allylic oxidation sites excluding steroid dienone is 1. The van der Waals surface area contributed by atoms with E-state index in [9.17, 15) is 18.0 Å². The molecule has 68 valence electrons. The number of rotatable bonds is 2. The number of alkyl halides is 3. The van der Waals surface area contributed by atoms with Gasteiger partial charge < -0.3 is 5.11 Å². The molecule has 0 heterocycles. The molecular formula is C7H7F3O2. The van der Waals surface area contributed by atoms with Crippen LogP contribution in [0.1, 0.15) is 6.42 Å². The first-order valence-electron chi connectivity index (χ1n) is 3.29. The highest BCUT2D eigenvalue weighted by Crippen LogP contribution is 2.63. The minimum absolute atomic E-state index is 0.380. The molecule has 2 atom stereocenters. The normalized spacial score (nSPS) is 34.4. The lowest BCUT2D eigenvalue weighted by molar-refractivity contribution is -0.205. The molecule has 12 heavy (non-hydrogen) atoms. The van der Waals surface area contributed by atoms with Crippen molar-refractivity contribution in [2.45, 2.75) is 12.6 Å².